The van der Waals surface area contributed by atoms with Crippen molar-refractivity contribution in [1.82, 2.24) is 0 Å². The maximum absolute atomic E-state index is 13.1. The number of alkyl halides is 1. The van der Waals surface area contributed by atoms with Crippen molar-refractivity contribution < 1.29 is 19.1 Å². The Morgan fingerprint density at radius 3 is 2.56 bits per heavy atom. The molecule has 0 saturated carbocycles. The van der Waals surface area contributed by atoms with Crippen molar-refractivity contribution >= 4 is 29.2 Å². The number of anilines is 1. The summed E-state index contributed by atoms with van der Waals surface area (Å²) in [4.78, 5) is 22.5. The second-order valence-electron chi connectivity index (χ2n) is 4.47. The largest absolute Gasteiger partial charge is 0.478 e. The topological polar surface area (TPSA) is 66.4 Å². The molecule has 0 unspecified atom stereocenters. The predicted octanol–water partition coefficient (Wildman–Crippen LogP) is 2.73. The van der Waals surface area contributed by atoms with E-state index in [9.17, 15) is 14.0 Å². The lowest BCUT2D eigenvalue weighted by Gasteiger charge is -2.20. The van der Waals surface area contributed by atoms with E-state index in [1.165, 1.54) is 6.07 Å². The smallest absolute Gasteiger partial charge is 0.338 e. The fraction of sp³-hybridized carbons (Fsp3) is 0.333. The van der Waals surface area contributed by atoms with E-state index < -0.39 is 22.8 Å². The van der Waals surface area contributed by atoms with Gasteiger partial charge in [0.1, 0.15) is 5.82 Å². The first-order valence-electron chi connectivity index (χ1n) is 5.18. The molecule has 0 atom stereocenters. The van der Waals surface area contributed by atoms with Crippen LogP contribution in [0.25, 0.3) is 0 Å². The number of halogens is 2. The summed E-state index contributed by atoms with van der Waals surface area (Å²) < 4.78 is 13.1. The van der Waals surface area contributed by atoms with Crippen LogP contribution in [0.1, 0.15) is 24.2 Å². The number of carbonyl (C=O) groups is 2. The van der Waals surface area contributed by atoms with Crippen LogP contribution in [0.5, 0.6) is 0 Å². The summed E-state index contributed by atoms with van der Waals surface area (Å²) in [5.74, 6) is -2.48. The van der Waals surface area contributed by atoms with Gasteiger partial charge in [0.2, 0.25) is 5.91 Å². The zero-order valence-corrected chi connectivity index (χ0v) is 10.7. The predicted molar refractivity (Wildman–Crippen MR) is 66.5 cm³/mol. The van der Waals surface area contributed by atoms with Crippen LogP contribution in [0.3, 0.4) is 0 Å². The van der Waals surface area contributed by atoms with Gasteiger partial charge in [0.05, 0.1) is 11.0 Å². The first-order valence-corrected chi connectivity index (χ1v) is 5.71. The lowest BCUT2D eigenvalue weighted by Crippen LogP contribution is -2.32. The third kappa shape index (κ3) is 3.20. The van der Waals surface area contributed by atoms with E-state index in [1.807, 2.05) is 0 Å². The SMILES string of the molecule is CC(C)(CCl)C(=O)Nc1ccc(F)c(C(=O)O)c1. The number of nitrogens with one attached hydrogen (secondary N) is 1. The van der Waals surface area contributed by atoms with Crippen LogP contribution >= 0.6 is 11.6 Å². The number of rotatable bonds is 4. The lowest BCUT2D eigenvalue weighted by atomic mass is 9.95. The number of benzene rings is 1. The maximum atomic E-state index is 13.1. The fourth-order valence-corrected chi connectivity index (χ4v) is 1.25. The Labute approximate surface area is 109 Å². The zero-order valence-electron chi connectivity index (χ0n) is 9.96. The molecule has 0 radical (unpaired) electrons. The number of carboxylic acid groups (broad SMARTS) is 1. The monoisotopic (exact) mass is 273 g/mol. The summed E-state index contributed by atoms with van der Waals surface area (Å²) in [5.41, 5.74) is -1.06. The van der Waals surface area contributed by atoms with E-state index in [0.29, 0.717) is 0 Å². The molecular weight excluding hydrogens is 261 g/mol. The third-order valence-electron chi connectivity index (χ3n) is 2.40. The van der Waals surface area contributed by atoms with Crippen LogP contribution in [0.4, 0.5) is 10.1 Å². The van der Waals surface area contributed by atoms with E-state index >= 15 is 0 Å². The molecule has 0 saturated heterocycles. The Kier molecular flexibility index (Phi) is 4.29. The Morgan fingerprint density at radius 1 is 1.44 bits per heavy atom. The highest BCUT2D eigenvalue weighted by Crippen LogP contribution is 2.21. The second-order valence-corrected chi connectivity index (χ2v) is 4.74. The molecule has 6 heteroatoms. The molecule has 0 fully saturated rings. The maximum Gasteiger partial charge on any atom is 0.338 e. The van der Waals surface area contributed by atoms with Gasteiger partial charge in [0.25, 0.3) is 0 Å². The molecule has 2 N–H and O–H groups in total. The molecule has 0 bridgehead atoms. The molecule has 0 heterocycles. The van der Waals surface area contributed by atoms with Crippen molar-refractivity contribution in [3.8, 4) is 0 Å². The highest BCUT2D eigenvalue weighted by Gasteiger charge is 2.26. The Morgan fingerprint density at radius 2 is 2.06 bits per heavy atom. The summed E-state index contributed by atoms with van der Waals surface area (Å²) in [7, 11) is 0. The molecule has 0 aromatic heterocycles. The molecule has 0 aliphatic heterocycles. The fourth-order valence-electron chi connectivity index (χ4n) is 1.13. The van der Waals surface area contributed by atoms with Gasteiger partial charge in [0.15, 0.2) is 0 Å². The average Bonchev–Trinajstić information content (AvgIpc) is 2.31. The minimum Gasteiger partial charge on any atom is -0.478 e. The van der Waals surface area contributed by atoms with Crippen molar-refractivity contribution in [3.63, 3.8) is 0 Å². The van der Waals surface area contributed by atoms with Crippen molar-refractivity contribution in [3.05, 3.63) is 29.6 Å². The molecule has 0 spiro atoms. The molecule has 18 heavy (non-hydrogen) atoms. The van der Waals surface area contributed by atoms with Gasteiger partial charge in [0, 0.05) is 11.6 Å². The highest BCUT2D eigenvalue weighted by atomic mass is 35.5. The Balaban J connectivity index is 2.96. The van der Waals surface area contributed by atoms with Gasteiger partial charge in [-0.2, -0.15) is 0 Å². The molecule has 1 aromatic rings. The van der Waals surface area contributed by atoms with Crippen LogP contribution in [0, 0.1) is 11.2 Å². The van der Waals surface area contributed by atoms with E-state index in [-0.39, 0.29) is 17.5 Å². The molecule has 1 rings (SSSR count). The van der Waals surface area contributed by atoms with Gasteiger partial charge < -0.3 is 10.4 Å². The normalized spacial score (nSPS) is 11.1. The Bertz CT molecular complexity index is 488. The highest BCUT2D eigenvalue weighted by molar-refractivity contribution is 6.20. The van der Waals surface area contributed by atoms with E-state index in [1.54, 1.807) is 13.8 Å². The minimum atomic E-state index is -1.39. The minimum absolute atomic E-state index is 0.117. The summed E-state index contributed by atoms with van der Waals surface area (Å²) >= 11 is 5.65. The Hall–Kier alpha value is -1.62. The number of hydrogen-bond acceptors (Lipinski definition) is 2. The van der Waals surface area contributed by atoms with Crippen LogP contribution in [-0.4, -0.2) is 22.9 Å². The van der Waals surface area contributed by atoms with Crippen LogP contribution in [0.15, 0.2) is 18.2 Å². The van der Waals surface area contributed by atoms with Gasteiger partial charge in [-0.05, 0) is 32.0 Å². The molecule has 4 nitrogen and oxygen atoms in total. The summed E-state index contributed by atoms with van der Waals surface area (Å²) in [6.07, 6.45) is 0. The molecule has 1 aromatic carbocycles. The van der Waals surface area contributed by atoms with Gasteiger partial charge in [-0.15, -0.1) is 11.6 Å². The summed E-state index contributed by atoms with van der Waals surface area (Å²) in [6.45, 7) is 3.30. The quantitative estimate of drug-likeness (QED) is 0.829. The number of carbonyl (C=O) groups excluding carboxylic acids is 1. The van der Waals surface area contributed by atoms with Gasteiger partial charge in [-0.1, -0.05) is 0 Å². The number of amides is 1. The van der Waals surface area contributed by atoms with Gasteiger partial charge >= 0.3 is 5.97 Å². The second kappa shape index (κ2) is 5.35. The number of hydrogen-bond donors (Lipinski definition) is 2. The number of aromatic carboxylic acids is 1. The first kappa shape index (κ1) is 14.4. The summed E-state index contributed by atoms with van der Waals surface area (Å²) in [6, 6.07) is 3.36. The van der Waals surface area contributed by atoms with Crippen molar-refractivity contribution in [1.29, 1.82) is 0 Å². The molecule has 1 amide bonds. The lowest BCUT2D eigenvalue weighted by molar-refractivity contribution is -0.122. The summed E-state index contributed by atoms with van der Waals surface area (Å²) in [5, 5.41) is 11.3. The average molecular weight is 274 g/mol. The van der Waals surface area contributed by atoms with Gasteiger partial charge in [-0.3, -0.25) is 4.79 Å². The first-order chi connectivity index (χ1) is 8.27. The van der Waals surface area contributed by atoms with Crippen molar-refractivity contribution in [2.75, 3.05) is 11.2 Å². The van der Waals surface area contributed by atoms with Crippen molar-refractivity contribution in [2.45, 2.75) is 13.8 Å². The third-order valence-corrected chi connectivity index (χ3v) is 3.07. The molecule has 0 aliphatic rings. The van der Waals surface area contributed by atoms with Crippen LogP contribution in [-0.2, 0) is 4.79 Å². The van der Waals surface area contributed by atoms with E-state index in [4.69, 9.17) is 16.7 Å². The van der Waals surface area contributed by atoms with Gasteiger partial charge in [-0.25, -0.2) is 9.18 Å². The van der Waals surface area contributed by atoms with Crippen molar-refractivity contribution in [2.24, 2.45) is 5.41 Å². The zero-order chi connectivity index (χ0) is 13.9. The van der Waals surface area contributed by atoms with Crippen LogP contribution < -0.4 is 5.32 Å². The standard InChI is InChI=1S/C12H13ClFNO3/c1-12(2,6-13)11(18)15-7-3-4-9(14)8(5-7)10(16)17/h3-5H,6H2,1-2H3,(H,15,18)(H,16,17). The van der Waals surface area contributed by atoms with E-state index in [2.05, 4.69) is 5.32 Å². The number of carboxylic acids is 1. The molecule has 0 aliphatic carbocycles. The molecular formula is C12H13ClFNO3. The van der Waals surface area contributed by atoms with E-state index in [0.717, 1.165) is 12.1 Å². The van der Waals surface area contributed by atoms with Crippen LogP contribution in [0.2, 0.25) is 0 Å². The molecule has 98 valence electrons.